The summed E-state index contributed by atoms with van der Waals surface area (Å²) in [7, 11) is 0. The molecule has 1 aromatic carbocycles. The highest BCUT2D eigenvalue weighted by molar-refractivity contribution is 5.54. The fourth-order valence-corrected chi connectivity index (χ4v) is 1.80. The molecule has 0 fully saturated rings. The Hall–Kier alpha value is -1.19. The number of para-hydroxylation sites is 1. The monoisotopic (exact) mass is 259 g/mol. The molecule has 0 saturated carbocycles. The van der Waals surface area contributed by atoms with Crippen molar-refractivity contribution < 1.29 is 13.2 Å². The summed E-state index contributed by atoms with van der Waals surface area (Å²) in [5, 5.41) is 3.09. The Morgan fingerprint density at radius 1 is 1.06 bits per heavy atom. The second-order valence-corrected chi connectivity index (χ2v) is 5.44. The highest BCUT2D eigenvalue weighted by atomic mass is 19.4. The second kappa shape index (κ2) is 5.63. The number of hydrogen-bond donors (Lipinski definition) is 1. The number of alkyl halides is 3. The minimum atomic E-state index is -4.06. The summed E-state index contributed by atoms with van der Waals surface area (Å²) in [6.45, 7) is 6.60. The van der Waals surface area contributed by atoms with Crippen LogP contribution in [0.4, 0.5) is 18.9 Å². The number of anilines is 1. The van der Waals surface area contributed by atoms with E-state index >= 15 is 0 Å². The van der Waals surface area contributed by atoms with E-state index in [1.807, 2.05) is 24.3 Å². The molecule has 1 nitrogen and oxygen atoms in total. The zero-order valence-electron chi connectivity index (χ0n) is 11.1. The number of nitrogens with one attached hydrogen (secondary N) is 1. The Kier molecular flexibility index (Phi) is 4.65. The molecule has 0 aliphatic carbocycles. The first-order valence-corrected chi connectivity index (χ1v) is 6.10. The van der Waals surface area contributed by atoms with E-state index in [9.17, 15) is 13.2 Å². The summed E-state index contributed by atoms with van der Waals surface area (Å²) < 4.78 is 36.1. The Labute approximate surface area is 106 Å². The maximum absolute atomic E-state index is 12.0. The summed E-state index contributed by atoms with van der Waals surface area (Å²) >= 11 is 0. The molecule has 0 aliphatic heterocycles. The summed E-state index contributed by atoms with van der Waals surface area (Å²) in [4.78, 5) is 0. The Balaban J connectivity index is 2.58. The van der Waals surface area contributed by atoms with Crippen molar-refractivity contribution in [1.82, 2.24) is 0 Å². The van der Waals surface area contributed by atoms with Gasteiger partial charge < -0.3 is 5.32 Å². The van der Waals surface area contributed by atoms with E-state index in [0.717, 1.165) is 11.3 Å². The van der Waals surface area contributed by atoms with E-state index in [0.29, 0.717) is 6.54 Å². The predicted molar refractivity (Wildman–Crippen MR) is 68.9 cm³/mol. The van der Waals surface area contributed by atoms with Crippen LogP contribution < -0.4 is 5.32 Å². The van der Waals surface area contributed by atoms with Gasteiger partial charge in [-0.05, 0) is 23.5 Å². The first-order valence-electron chi connectivity index (χ1n) is 6.10. The van der Waals surface area contributed by atoms with Gasteiger partial charge in [-0.2, -0.15) is 13.2 Å². The Bertz CT molecular complexity index is 377. The Morgan fingerprint density at radius 3 is 2.22 bits per heavy atom. The molecule has 4 heteroatoms. The molecule has 1 rings (SSSR count). The molecule has 0 atom stereocenters. The quantitative estimate of drug-likeness (QED) is 0.770. The summed E-state index contributed by atoms with van der Waals surface area (Å²) in [6, 6.07) is 7.75. The topological polar surface area (TPSA) is 12.0 Å². The molecule has 0 unspecified atom stereocenters. The number of benzene rings is 1. The van der Waals surface area contributed by atoms with Gasteiger partial charge in [0.15, 0.2) is 0 Å². The highest BCUT2D eigenvalue weighted by Crippen LogP contribution is 2.29. The molecule has 0 aliphatic rings. The normalized spacial score (nSPS) is 12.6. The number of rotatable bonds is 4. The van der Waals surface area contributed by atoms with Gasteiger partial charge in [0.25, 0.3) is 0 Å². The van der Waals surface area contributed by atoms with Crippen LogP contribution in [0.25, 0.3) is 0 Å². The molecule has 0 aromatic heterocycles. The third-order valence-electron chi connectivity index (χ3n) is 2.69. The van der Waals surface area contributed by atoms with Crippen molar-refractivity contribution in [1.29, 1.82) is 0 Å². The predicted octanol–water partition coefficient (Wildman–Crippen LogP) is 4.74. The molecule has 0 spiro atoms. The maximum atomic E-state index is 12.0. The zero-order chi connectivity index (χ0) is 13.8. The van der Waals surface area contributed by atoms with Crippen molar-refractivity contribution in [3.63, 3.8) is 0 Å². The van der Waals surface area contributed by atoms with Crippen molar-refractivity contribution >= 4 is 5.69 Å². The summed E-state index contributed by atoms with van der Waals surface area (Å²) in [5.74, 6) is 0. The molecule has 0 heterocycles. The van der Waals surface area contributed by atoms with Crippen molar-refractivity contribution in [2.45, 2.75) is 45.2 Å². The fourth-order valence-electron chi connectivity index (χ4n) is 1.80. The number of halogens is 3. The molecule has 102 valence electrons. The van der Waals surface area contributed by atoms with Crippen LogP contribution in [0.5, 0.6) is 0 Å². The van der Waals surface area contributed by atoms with Crippen LogP contribution in [0.15, 0.2) is 24.3 Å². The highest BCUT2D eigenvalue weighted by Gasteiger charge is 2.26. The van der Waals surface area contributed by atoms with Crippen LogP contribution in [0, 0.1) is 0 Å². The fraction of sp³-hybridized carbons (Fsp3) is 0.571. The van der Waals surface area contributed by atoms with E-state index < -0.39 is 12.6 Å². The Morgan fingerprint density at radius 2 is 1.67 bits per heavy atom. The van der Waals surface area contributed by atoms with Gasteiger partial charge in [-0.3, -0.25) is 0 Å². The molecule has 0 amide bonds. The maximum Gasteiger partial charge on any atom is 0.389 e. The van der Waals surface area contributed by atoms with Gasteiger partial charge in [0.2, 0.25) is 0 Å². The minimum Gasteiger partial charge on any atom is -0.385 e. The molecule has 18 heavy (non-hydrogen) atoms. The third kappa shape index (κ3) is 4.98. The van der Waals surface area contributed by atoms with Gasteiger partial charge in [-0.1, -0.05) is 39.0 Å². The zero-order valence-corrected chi connectivity index (χ0v) is 11.1. The van der Waals surface area contributed by atoms with Crippen molar-refractivity contribution in [2.24, 2.45) is 0 Å². The van der Waals surface area contributed by atoms with Crippen molar-refractivity contribution in [3.05, 3.63) is 29.8 Å². The van der Waals surface area contributed by atoms with Crippen molar-refractivity contribution in [3.8, 4) is 0 Å². The van der Waals surface area contributed by atoms with Crippen LogP contribution in [0.3, 0.4) is 0 Å². The molecule has 0 bridgehead atoms. The minimum absolute atomic E-state index is 0.0202. The van der Waals surface area contributed by atoms with E-state index in [2.05, 4.69) is 26.1 Å². The van der Waals surface area contributed by atoms with Gasteiger partial charge in [-0.25, -0.2) is 0 Å². The molecular formula is C14H20F3N. The smallest absolute Gasteiger partial charge is 0.385 e. The van der Waals surface area contributed by atoms with Crippen LogP contribution in [0.2, 0.25) is 0 Å². The van der Waals surface area contributed by atoms with Gasteiger partial charge in [0.1, 0.15) is 0 Å². The first kappa shape index (κ1) is 14.9. The lowest BCUT2D eigenvalue weighted by molar-refractivity contribution is -0.134. The lowest BCUT2D eigenvalue weighted by Gasteiger charge is -2.23. The van der Waals surface area contributed by atoms with E-state index in [1.165, 1.54) is 0 Å². The first-order chi connectivity index (χ1) is 8.20. The third-order valence-corrected chi connectivity index (χ3v) is 2.69. The van der Waals surface area contributed by atoms with Crippen LogP contribution in [0.1, 0.15) is 39.2 Å². The van der Waals surface area contributed by atoms with Crippen LogP contribution >= 0.6 is 0 Å². The van der Waals surface area contributed by atoms with Crippen LogP contribution in [-0.2, 0) is 5.41 Å². The SMILES string of the molecule is CC(C)(C)c1ccccc1NCCCC(F)(F)F. The molecule has 1 aromatic rings. The lowest BCUT2D eigenvalue weighted by atomic mass is 9.86. The summed E-state index contributed by atoms with van der Waals surface area (Å²) in [6.07, 6.45) is -4.70. The standard InChI is InChI=1S/C14H20F3N/c1-13(2,3)11-7-4-5-8-12(11)18-10-6-9-14(15,16)17/h4-5,7-8,18H,6,9-10H2,1-3H3. The average molecular weight is 259 g/mol. The van der Waals surface area contributed by atoms with E-state index in [1.54, 1.807) is 0 Å². The molecule has 1 N–H and O–H groups in total. The van der Waals surface area contributed by atoms with Gasteiger partial charge in [-0.15, -0.1) is 0 Å². The molecule has 0 radical (unpaired) electrons. The lowest BCUT2D eigenvalue weighted by Crippen LogP contribution is -2.16. The average Bonchev–Trinajstić information content (AvgIpc) is 2.22. The van der Waals surface area contributed by atoms with Gasteiger partial charge in [0, 0.05) is 18.7 Å². The number of hydrogen-bond acceptors (Lipinski definition) is 1. The molecule has 0 saturated heterocycles. The van der Waals surface area contributed by atoms with Gasteiger partial charge >= 0.3 is 6.18 Å². The molecular weight excluding hydrogens is 239 g/mol. The van der Waals surface area contributed by atoms with E-state index in [-0.39, 0.29) is 11.8 Å². The van der Waals surface area contributed by atoms with Crippen LogP contribution in [-0.4, -0.2) is 12.7 Å². The van der Waals surface area contributed by atoms with E-state index in [4.69, 9.17) is 0 Å². The largest absolute Gasteiger partial charge is 0.389 e. The van der Waals surface area contributed by atoms with Crippen molar-refractivity contribution in [2.75, 3.05) is 11.9 Å². The second-order valence-electron chi connectivity index (χ2n) is 5.44. The van der Waals surface area contributed by atoms with Gasteiger partial charge in [0.05, 0.1) is 0 Å². The summed E-state index contributed by atoms with van der Waals surface area (Å²) in [5.41, 5.74) is 2.03.